The summed E-state index contributed by atoms with van der Waals surface area (Å²) < 4.78 is 5.50. The van der Waals surface area contributed by atoms with Gasteiger partial charge in [0.05, 0.1) is 11.6 Å². The minimum atomic E-state index is -0.133. The Kier molecular flexibility index (Phi) is 5.89. The summed E-state index contributed by atoms with van der Waals surface area (Å²) in [6, 6.07) is 7.08. The molecule has 7 heteroatoms. The van der Waals surface area contributed by atoms with Crippen molar-refractivity contribution in [3.05, 3.63) is 29.3 Å². The van der Waals surface area contributed by atoms with E-state index in [1.54, 1.807) is 28.9 Å². The molecular weight excluding hydrogens is 306 g/mol. The third-order valence-electron chi connectivity index (χ3n) is 3.48. The molecule has 1 saturated heterocycles. The van der Waals surface area contributed by atoms with Crippen LogP contribution >= 0.6 is 11.6 Å². The van der Waals surface area contributed by atoms with Crippen LogP contribution in [0.4, 0.5) is 4.79 Å². The van der Waals surface area contributed by atoms with Crippen LogP contribution in [0.25, 0.3) is 0 Å². The van der Waals surface area contributed by atoms with Gasteiger partial charge in [-0.05, 0) is 12.1 Å². The summed E-state index contributed by atoms with van der Waals surface area (Å²) in [5, 5.41) is 3.35. The molecule has 1 N–H and O–H groups in total. The Morgan fingerprint density at radius 1 is 1.18 bits per heavy atom. The highest BCUT2D eigenvalue weighted by Gasteiger charge is 2.21. The molecule has 3 amide bonds. The lowest BCUT2D eigenvalue weighted by Gasteiger charge is -2.34. The number of para-hydroxylation sites is 1. The van der Waals surface area contributed by atoms with Gasteiger partial charge in [-0.15, -0.1) is 0 Å². The highest BCUT2D eigenvalue weighted by Crippen LogP contribution is 2.22. The van der Waals surface area contributed by atoms with E-state index >= 15 is 0 Å². The Labute approximate surface area is 135 Å². The predicted octanol–water partition coefficient (Wildman–Crippen LogP) is 1.59. The monoisotopic (exact) mass is 325 g/mol. The van der Waals surface area contributed by atoms with Crippen LogP contribution in [0, 0.1) is 0 Å². The van der Waals surface area contributed by atoms with Gasteiger partial charge < -0.3 is 19.9 Å². The Morgan fingerprint density at radius 2 is 1.82 bits per heavy atom. The Morgan fingerprint density at radius 3 is 2.45 bits per heavy atom. The minimum Gasteiger partial charge on any atom is -0.490 e. The standard InChI is InChI=1S/C15H20ClN3O3/c1-12(20)18-7-9-19(10-8-18)15(21)17-6-11-22-14-5-3-2-4-13(14)16/h2-5H,6-11H2,1H3,(H,17,21). The number of nitrogens with one attached hydrogen (secondary N) is 1. The predicted molar refractivity (Wildman–Crippen MR) is 84.2 cm³/mol. The second-order valence-electron chi connectivity index (χ2n) is 5.00. The highest BCUT2D eigenvalue weighted by atomic mass is 35.5. The van der Waals surface area contributed by atoms with Crippen molar-refractivity contribution in [2.24, 2.45) is 0 Å². The van der Waals surface area contributed by atoms with E-state index in [1.807, 2.05) is 12.1 Å². The number of benzene rings is 1. The van der Waals surface area contributed by atoms with Crippen LogP contribution in [-0.2, 0) is 4.79 Å². The molecule has 0 aromatic heterocycles. The van der Waals surface area contributed by atoms with E-state index in [4.69, 9.17) is 16.3 Å². The number of amides is 3. The summed E-state index contributed by atoms with van der Waals surface area (Å²) >= 11 is 5.97. The maximum Gasteiger partial charge on any atom is 0.317 e. The summed E-state index contributed by atoms with van der Waals surface area (Å²) in [4.78, 5) is 26.7. The summed E-state index contributed by atoms with van der Waals surface area (Å²) in [6.45, 7) is 4.56. The van der Waals surface area contributed by atoms with Crippen LogP contribution in [0.3, 0.4) is 0 Å². The zero-order valence-electron chi connectivity index (χ0n) is 12.5. The fourth-order valence-corrected chi connectivity index (χ4v) is 2.41. The SMILES string of the molecule is CC(=O)N1CCN(C(=O)NCCOc2ccccc2Cl)CC1. The van der Waals surface area contributed by atoms with Crippen LogP contribution in [0.15, 0.2) is 24.3 Å². The van der Waals surface area contributed by atoms with Gasteiger partial charge in [0.1, 0.15) is 12.4 Å². The van der Waals surface area contributed by atoms with Crippen LogP contribution in [-0.4, -0.2) is 61.1 Å². The topological polar surface area (TPSA) is 61.9 Å². The number of halogens is 1. The number of piperazine rings is 1. The molecule has 1 heterocycles. The Bertz CT molecular complexity index is 531. The number of carbonyl (C=O) groups excluding carboxylic acids is 2. The average Bonchev–Trinajstić information content (AvgIpc) is 2.53. The minimum absolute atomic E-state index is 0.0493. The summed E-state index contributed by atoms with van der Waals surface area (Å²) in [5.74, 6) is 0.654. The average molecular weight is 326 g/mol. The number of ether oxygens (including phenoxy) is 1. The molecule has 0 radical (unpaired) electrons. The molecule has 0 bridgehead atoms. The summed E-state index contributed by atoms with van der Waals surface area (Å²) in [7, 11) is 0. The van der Waals surface area contributed by atoms with Crippen LogP contribution in [0.1, 0.15) is 6.92 Å². The maximum atomic E-state index is 12.0. The fraction of sp³-hybridized carbons (Fsp3) is 0.467. The normalized spacial score (nSPS) is 14.6. The van der Waals surface area contributed by atoms with Gasteiger partial charge in [-0.2, -0.15) is 0 Å². The Hall–Kier alpha value is -1.95. The molecule has 1 aromatic carbocycles. The van der Waals surface area contributed by atoms with Crippen molar-refractivity contribution in [3.8, 4) is 5.75 Å². The number of rotatable bonds is 4. The molecule has 22 heavy (non-hydrogen) atoms. The van der Waals surface area contributed by atoms with E-state index in [2.05, 4.69) is 5.32 Å². The number of nitrogens with zero attached hydrogens (tertiary/aromatic N) is 2. The largest absolute Gasteiger partial charge is 0.490 e. The first-order valence-electron chi connectivity index (χ1n) is 7.23. The first kappa shape index (κ1) is 16.4. The fourth-order valence-electron chi connectivity index (χ4n) is 2.22. The van der Waals surface area contributed by atoms with Crippen LogP contribution in [0.5, 0.6) is 5.75 Å². The molecule has 1 aromatic rings. The molecule has 120 valence electrons. The van der Waals surface area contributed by atoms with Gasteiger partial charge in [-0.25, -0.2) is 4.79 Å². The molecule has 1 aliphatic heterocycles. The highest BCUT2D eigenvalue weighted by molar-refractivity contribution is 6.32. The summed E-state index contributed by atoms with van der Waals surface area (Å²) in [5.41, 5.74) is 0. The van der Waals surface area contributed by atoms with E-state index in [9.17, 15) is 9.59 Å². The van der Waals surface area contributed by atoms with Crippen molar-refractivity contribution < 1.29 is 14.3 Å². The molecular formula is C15H20ClN3O3. The number of carbonyl (C=O) groups is 2. The Balaban J connectivity index is 1.66. The van der Waals surface area contributed by atoms with Gasteiger partial charge in [0.2, 0.25) is 5.91 Å². The second-order valence-corrected chi connectivity index (χ2v) is 5.41. The first-order chi connectivity index (χ1) is 10.6. The van der Waals surface area contributed by atoms with Gasteiger partial charge in [-0.1, -0.05) is 23.7 Å². The lowest BCUT2D eigenvalue weighted by atomic mass is 10.3. The van der Waals surface area contributed by atoms with E-state index in [0.717, 1.165) is 0 Å². The zero-order valence-corrected chi connectivity index (χ0v) is 13.3. The second kappa shape index (κ2) is 7.89. The molecule has 0 unspecified atom stereocenters. The number of hydrogen-bond acceptors (Lipinski definition) is 3. The molecule has 0 aliphatic carbocycles. The molecule has 0 spiro atoms. The molecule has 1 fully saturated rings. The van der Waals surface area contributed by atoms with Crippen LogP contribution in [0.2, 0.25) is 5.02 Å². The van der Waals surface area contributed by atoms with E-state index in [-0.39, 0.29) is 11.9 Å². The van der Waals surface area contributed by atoms with Crippen molar-refractivity contribution >= 4 is 23.5 Å². The van der Waals surface area contributed by atoms with E-state index < -0.39 is 0 Å². The number of hydrogen-bond donors (Lipinski definition) is 1. The molecule has 0 atom stereocenters. The quantitative estimate of drug-likeness (QED) is 0.855. The summed E-state index contributed by atoms with van der Waals surface area (Å²) in [6.07, 6.45) is 0. The van der Waals surface area contributed by atoms with Crippen molar-refractivity contribution in [3.63, 3.8) is 0 Å². The first-order valence-corrected chi connectivity index (χ1v) is 7.61. The van der Waals surface area contributed by atoms with Crippen LogP contribution < -0.4 is 10.1 Å². The van der Waals surface area contributed by atoms with E-state index in [0.29, 0.717) is 50.1 Å². The van der Waals surface area contributed by atoms with Crippen molar-refractivity contribution in [1.29, 1.82) is 0 Å². The third-order valence-corrected chi connectivity index (χ3v) is 3.80. The van der Waals surface area contributed by atoms with Gasteiger partial charge in [0, 0.05) is 33.1 Å². The van der Waals surface area contributed by atoms with Crippen molar-refractivity contribution in [1.82, 2.24) is 15.1 Å². The van der Waals surface area contributed by atoms with Gasteiger partial charge in [-0.3, -0.25) is 4.79 Å². The van der Waals surface area contributed by atoms with Gasteiger partial charge >= 0.3 is 6.03 Å². The van der Waals surface area contributed by atoms with E-state index in [1.165, 1.54) is 0 Å². The number of urea groups is 1. The molecule has 0 saturated carbocycles. The molecule has 2 rings (SSSR count). The van der Waals surface area contributed by atoms with Crippen molar-refractivity contribution in [2.75, 3.05) is 39.3 Å². The third kappa shape index (κ3) is 4.53. The lowest BCUT2D eigenvalue weighted by molar-refractivity contribution is -0.130. The van der Waals surface area contributed by atoms with Gasteiger partial charge in [0.15, 0.2) is 0 Å². The lowest BCUT2D eigenvalue weighted by Crippen LogP contribution is -2.53. The van der Waals surface area contributed by atoms with Crippen molar-refractivity contribution in [2.45, 2.75) is 6.92 Å². The smallest absolute Gasteiger partial charge is 0.317 e. The molecule has 1 aliphatic rings. The molecule has 6 nitrogen and oxygen atoms in total. The maximum absolute atomic E-state index is 12.0. The van der Waals surface area contributed by atoms with Gasteiger partial charge in [0.25, 0.3) is 0 Å². The zero-order chi connectivity index (χ0) is 15.9.